The fourth-order valence-electron chi connectivity index (χ4n) is 1.97. The molecule has 1 saturated carbocycles. The van der Waals surface area contributed by atoms with E-state index in [0.717, 1.165) is 12.8 Å². The second-order valence-corrected chi connectivity index (χ2v) is 5.70. The predicted molar refractivity (Wildman–Crippen MR) is 68.7 cm³/mol. The van der Waals surface area contributed by atoms with Gasteiger partial charge >= 0.3 is 0 Å². The molecule has 2 fully saturated rings. The van der Waals surface area contributed by atoms with E-state index in [1.54, 1.807) is 6.33 Å². The number of aromatic nitrogens is 3. The average Bonchev–Trinajstić information content (AvgIpc) is 3.14. The van der Waals surface area contributed by atoms with Gasteiger partial charge in [0.2, 0.25) is 17.7 Å². The number of nitrogens with one attached hydrogen (secondary N) is 1. The first-order valence-electron chi connectivity index (χ1n) is 6.26. The lowest BCUT2D eigenvalue weighted by molar-refractivity contribution is -0.144. The van der Waals surface area contributed by atoms with Crippen molar-refractivity contribution in [1.29, 1.82) is 0 Å². The van der Waals surface area contributed by atoms with Crippen molar-refractivity contribution >= 4 is 29.5 Å². The molecule has 3 rings (SSSR count). The number of imide groups is 1. The van der Waals surface area contributed by atoms with E-state index in [2.05, 4.69) is 15.5 Å². The molecule has 0 bridgehead atoms. The Morgan fingerprint density at radius 1 is 1.35 bits per heavy atom. The van der Waals surface area contributed by atoms with Crippen LogP contribution in [0.3, 0.4) is 0 Å². The highest BCUT2D eigenvalue weighted by molar-refractivity contribution is 7.99. The largest absolute Gasteiger partial charge is 0.323 e. The molecule has 9 heteroatoms. The molecule has 1 aliphatic carbocycles. The minimum Gasteiger partial charge on any atom is -0.323 e. The highest BCUT2D eigenvalue weighted by atomic mass is 32.2. The Kier molecular flexibility index (Phi) is 3.43. The maximum Gasteiger partial charge on any atom is 0.246 e. The van der Waals surface area contributed by atoms with E-state index in [1.165, 1.54) is 16.7 Å². The van der Waals surface area contributed by atoms with Crippen LogP contribution >= 0.6 is 11.8 Å². The third-order valence-corrected chi connectivity index (χ3v) is 4.05. The van der Waals surface area contributed by atoms with Crippen molar-refractivity contribution in [3.8, 4) is 0 Å². The standard InChI is InChI=1S/C11H13N5O3S/c17-8-3-15(4-9(18)13-8)10(19)5-20-11-14-12-6-16(11)7-1-2-7/h6-7H,1-5H2,(H,13,17,18). The first kappa shape index (κ1) is 13.1. The molecular formula is C11H13N5O3S. The average molecular weight is 295 g/mol. The molecule has 1 N–H and O–H groups in total. The molecule has 0 radical (unpaired) electrons. The van der Waals surface area contributed by atoms with E-state index < -0.39 is 11.8 Å². The summed E-state index contributed by atoms with van der Waals surface area (Å²) < 4.78 is 1.96. The SMILES string of the molecule is O=C1CN(C(=O)CSc2nncn2C2CC2)CC(=O)N1. The zero-order valence-electron chi connectivity index (χ0n) is 10.6. The Morgan fingerprint density at radius 2 is 2.05 bits per heavy atom. The summed E-state index contributed by atoms with van der Waals surface area (Å²) in [4.78, 5) is 35.7. The summed E-state index contributed by atoms with van der Waals surface area (Å²) in [6.07, 6.45) is 3.89. The molecule has 2 aliphatic rings. The van der Waals surface area contributed by atoms with E-state index in [4.69, 9.17) is 0 Å². The maximum absolute atomic E-state index is 12.0. The fraction of sp³-hybridized carbons (Fsp3) is 0.545. The van der Waals surface area contributed by atoms with Crippen LogP contribution in [0.25, 0.3) is 0 Å². The second-order valence-electron chi connectivity index (χ2n) is 4.76. The Bertz CT molecular complexity index is 552. The van der Waals surface area contributed by atoms with Crippen LogP contribution in [0.15, 0.2) is 11.5 Å². The molecule has 0 spiro atoms. The number of amides is 3. The van der Waals surface area contributed by atoms with Crippen LogP contribution in [0.5, 0.6) is 0 Å². The van der Waals surface area contributed by atoms with Gasteiger partial charge in [-0.05, 0) is 12.8 Å². The van der Waals surface area contributed by atoms with Crippen molar-refractivity contribution < 1.29 is 14.4 Å². The predicted octanol–water partition coefficient (Wildman–Crippen LogP) is -0.810. The van der Waals surface area contributed by atoms with E-state index >= 15 is 0 Å². The molecule has 0 unspecified atom stereocenters. The fourth-order valence-corrected chi connectivity index (χ4v) is 2.85. The van der Waals surface area contributed by atoms with Gasteiger partial charge in [0.15, 0.2) is 5.16 Å². The third kappa shape index (κ3) is 2.82. The first-order chi connectivity index (χ1) is 9.63. The lowest BCUT2D eigenvalue weighted by Gasteiger charge is -2.25. The van der Waals surface area contributed by atoms with Crippen molar-refractivity contribution in [3.05, 3.63) is 6.33 Å². The molecule has 106 valence electrons. The third-order valence-electron chi connectivity index (χ3n) is 3.11. The number of nitrogens with zero attached hydrogens (tertiary/aromatic N) is 4. The molecule has 1 aromatic rings. The Morgan fingerprint density at radius 3 is 2.70 bits per heavy atom. The number of piperazine rings is 1. The van der Waals surface area contributed by atoms with E-state index in [9.17, 15) is 14.4 Å². The van der Waals surface area contributed by atoms with Crippen LogP contribution < -0.4 is 5.32 Å². The normalized spacial score (nSPS) is 19.1. The summed E-state index contributed by atoms with van der Waals surface area (Å²) in [7, 11) is 0. The molecule has 20 heavy (non-hydrogen) atoms. The quantitative estimate of drug-likeness (QED) is 0.576. The summed E-state index contributed by atoms with van der Waals surface area (Å²) in [5, 5.41) is 10.7. The van der Waals surface area contributed by atoms with Gasteiger partial charge in [-0.2, -0.15) is 0 Å². The van der Waals surface area contributed by atoms with E-state index in [0.29, 0.717) is 11.2 Å². The van der Waals surface area contributed by atoms with Gasteiger partial charge in [-0.1, -0.05) is 11.8 Å². The van der Waals surface area contributed by atoms with Gasteiger partial charge in [0, 0.05) is 6.04 Å². The Balaban J connectivity index is 1.57. The lowest BCUT2D eigenvalue weighted by Crippen LogP contribution is -2.53. The van der Waals surface area contributed by atoms with Crippen LogP contribution in [0.1, 0.15) is 18.9 Å². The van der Waals surface area contributed by atoms with Crippen LogP contribution in [0, 0.1) is 0 Å². The van der Waals surface area contributed by atoms with Crippen molar-refractivity contribution in [2.75, 3.05) is 18.8 Å². The van der Waals surface area contributed by atoms with Crippen LogP contribution in [0.4, 0.5) is 0 Å². The number of hydrogen-bond acceptors (Lipinski definition) is 6. The Hall–Kier alpha value is -1.90. The molecular weight excluding hydrogens is 282 g/mol. The highest BCUT2D eigenvalue weighted by Gasteiger charge is 2.28. The van der Waals surface area contributed by atoms with Crippen LogP contribution in [-0.4, -0.2) is 56.2 Å². The number of carbonyl (C=O) groups is 3. The minimum atomic E-state index is -0.444. The summed E-state index contributed by atoms with van der Waals surface area (Å²) in [5.41, 5.74) is 0. The van der Waals surface area contributed by atoms with Gasteiger partial charge in [-0.3, -0.25) is 19.7 Å². The van der Waals surface area contributed by atoms with E-state index in [-0.39, 0.29) is 24.7 Å². The van der Waals surface area contributed by atoms with Gasteiger partial charge in [-0.25, -0.2) is 0 Å². The van der Waals surface area contributed by atoms with Crippen molar-refractivity contribution in [1.82, 2.24) is 25.0 Å². The molecule has 1 aromatic heterocycles. The van der Waals surface area contributed by atoms with E-state index in [1.807, 2.05) is 4.57 Å². The molecule has 0 aromatic carbocycles. The summed E-state index contributed by atoms with van der Waals surface area (Å²) in [6.45, 7) is -0.138. The van der Waals surface area contributed by atoms with Gasteiger partial charge < -0.3 is 9.47 Å². The van der Waals surface area contributed by atoms with Crippen molar-refractivity contribution in [2.45, 2.75) is 24.0 Å². The molecule has 1 aliphatic heterocycles. The van der Waals surface area contributed by atoms with Crippen LogP contribution in [0.2, 0.25) is 0 Å². The monoisotopic (exact) mass is 295 g/mol. The molecule has 1 saturated heterocycles. The number of rotatable bonds is 4. The molecule has 0 atom stereocenters. The summed E-state index contributed by atoms with van der Waals surface area (Å²) in [6, 6.07) is 0.449. The molecule has 2 heterocycles. The first-order valence-corrected chi connectivity index (χ1v) is 7.25. The maximum atomic E-state index is 12.0. The summed E-state index contributed by atoms with van der Waals surface area (Å²) in [5.74, 6) is -0.989. The zero-order valence-corrected chi connectivity index (χ0v) is 11.4. The number of thioether (sulfide) groups is 1. The smallest absolute Gasteiger partial charge is 0.246 e. The summed E-state index contributed by atoms with van der Waals surface area (Å²) >= 11 is 1.28. The number of carbonyl (C=O) groups excluding carboxylic acids is 3. The number of hydrogen-bond donors (Lipinski definition) is 1. The lowest BCUT2D eigenvalue weighted by atomic mass is 10.3. The zero-order chi connectivity index (χ0) is 14.1. The van der Waals surface area contributed by atoms with Gasteiger partial charge in [0.05, 0.1) is 5.75 Å². The van der Waals surface area contributed by atoms with Crippen molar-refractivity contribution in [3.63, 3.8) is 0 Å². The highest BCUT2D eigenvalue weighted by Crippen LogP contribution is 2.37. The Labute approximate surface area is 118 Å². The van der Waals surface area contributed by atoms with Gasteiger partial charge in [0.25, 0.3) is 0 Å². The van der Waals surface area contributed by atoms with Crippen LogP contribution in [-0.2, 0) is 14.4 Å². The second kappa shape index (κ2) is 5.23. The molecule has 8 nitrogen and oxygen atoms in total. The topological polar surface area (TPSA) is 97.2 Å². The molecule has 3 amide bonds. The van der Waals surface area contributed by atoms with Crippen molar-refractivity contribution in [2.24, 2.45) is 0 Å². The minimum absolute atomic E-state index is 0.0690. The van der Waals surface area contributed by atoms with Gasteiger partial charge in [0.1, 0.15) is 19.4 Å². The van der Waals surface area contributed by atoms with Gasteiger partial charge in [-0.15, -0.1) is 10.2 Å².